The topological polar surface area (TPSA) is 34.9 Å². The van der Waals surface area contributed by atoms with Gasteiger partial charge in [-0.2, -0.15) is 5.10 Å². The molecule has 1 aliphatic rings. The zero-order chi connectivity index (χ0) is 18.5. The van der Waals surface area contributed by atoms with E-state index in [-0.39, 0.29) is 11.2 Å². The normalized spacial score (nSPS) is 15.8. The fraction of sp³-hybridized carbons (Fsp3) is 0.238. The van der Waals surface area contributed by atoms with Crippen molar-refractivity contribution >= 4 is 33.3 Å². The molecule has 26 heavy (non-hydrogen) atoms. The molecule has 0 bridgehead atoms. The molecule has 1 aliphatic carbocycles. The van der Waals surface area contributed by atoms with E-state index in [0.29, 0.717) is 11.4 Å². The van der Waals surface area contributed by atoms with Gasteiger partial charge in [-0.1, -0.05) is 65.6 Å². The van der Waals surface area contributed by atoms with Gasteiger partial charge in [0, 0.05) is 16.5 Å². The third-order valence-electron chi connectivity index (χ3n) is 4.72. The number of hydrogen-bond donors (Lipinski definition) is 0. The number of hydrogen-bond acceptors (Lipinski definition) is 2. The molecule has 0 saturated heterocycles. The predicted octanol–water partition coefficient (Wildman–Crippen LogP) is 6.11. The lowest BCUT2D eigenvalue weighted by Crippen LogP contribution is -2.26. The standard InChI is InChI=1S/C21H18BrClN2O/c1-21(2)11-16-19(18(26)12-21)20(13-7-9-14(22)10-8-13)25(24-16)17-6-4-3-5-15(17)23/h3-10H,11-12H2,1-2H3. The van der Waals surface area contributed by atoms with Crippen LogP contribution in [0.15, 0.2) is 53.0 Å². The van der Waals surface area contributed by atoms with Gasteiger partial charge in [-0.25, -0.2) is 4.68 Å². The van der Waals surface area contributed by atoms with Crippen molar-refractivity contribution in [3.8, 4) is 16.9 Å². The number of halogens is 2. The molecule has 0 saturated carbocycles. The summed E-state index contributed by atoms with van der Waals surface area (Å²) in [6, 6.07) is 15.5. The molecular weight excluding hydrogens is 412 g/mol. The molecule has 132 valence electrons. The highest BCUT2D eigenvalue weighted by atomic mass is 79.9. The number of benzene rings is 2. The van der Waals surface area contributed by atoms with Crippen LogP contribution in [-0.2, 0) is 6.42 Å². The van der Waals surface area contributed by atoms with E-state index in [2.05, 4.69) is 29.8 Å². The van der Waals surface area contributed by atoms with Crippen LogP contribution in [-0.4, -0.2) is 15.6 Å². The summed E-state index contributed by atoms with van der Waals surface area (Å²) in [5.41, 5.74) is 4.06. The molecule has 0 unspecified atom stereocenters. The molecule has 0 spiro atoms. The quantitative estimate of drug-likeness (QED) is 0.492. The molecule has 0 fully saturated rings. The Kier molecular flexibility index (Phi) is 4.28. The number of fused-ring (bicyclic) bond motifs is 1. The molecule has 1 heterocycles. The van der Waals surface area contributed by atoms with Gasteiger partial charge < -0.3 is 0 Å². The Bertz CT molecular complexity index is 1010. The number of carbonyl (C=O) groups is 1. The van der Waals surface area contributed by atoms with Gasteiger partial charge >= 0.3 is 0 Å². The number of nitrogens with zero attached hydrogens (tertiary/aromatic N) is 2. The van der Waals surface area contributed by atoms with E-state index in [9.17, 15) is 4.79 Å². The second kappa shape index (κ2) is 6.36. The molecule has 0 atom stereocenters. The largest absolute Gasteiger partial charge is 0.294 e. The molecule has 3 aromatic rings. The number of aromatic nitrogens is 2. The van der Waals surface area contributed by atoms with Crippen molar-refractivity contribution in [2.24, 2.45) is 5.41 Å². The predicted molar refractivity (Wildman–Crippen MR) is 108 cm³/mol. The van der Waals surface area contributed by atoms with Crippen LogP contribution < -0.4 is 0 Å². The van der Waals surface area contributed by atoms with E-state index in [1.54, 1.807) is 0 Å². The fourth-order valence-corrected chi connectivity index (χ4v) is 4.07. The number of rotatable bonds is 2. The Hall–Kier alpha value is -1.91. The van der Waals surface area contributed by atoms with Crippen molar-refractivity contribution in [1.29, 1.82) is 0 Å². The minimum Gasteiger partial charge on any atom is -0.294 e. The highest BCUT2D eigenvalue weighted by Gasteiger charge is 2.36. The molecule has 0 radical (unpaired) electrons. The second-order valence-electron chi connectivity index (χ2n) is 7.48. The molecule has 3 nitrogen and oxygen atoms in total. The van der Waals surface area contributed by atoms with Crippen molar-refractivity contribution in [3.05, 3.63) is 69.3 Å². The van der Waals surface area contributed by atoms with Crippen LogP contribution in [0.1, 0.15) is 36.3 Å². The summed E-state index contributed by atoms with van der Waals surface area (Å²) in [5, 5.41) is 5.44. The zero-order valence-electron chi connectivity index (χ0n) is 14.6. The third-order valence-corrected chi connectivity index (χ3v) is 5.57. The summed E-state index contributed by atoms with van der Waals surface area (Å²) in [4.78, 5) is 13.0. The monoisotopic (exact) mass is 428 g/mol. The maximum atomic E-state index is 13.0. The molecule has 0 amide bonds. The van der Waals surface area contributed by atoms with Gasteiger partial charge in [-0.05, 0) is 36.1 Å². The van der Waals surface area contributed by atoms with E-state index in [0.717, 1.165) is 39.1 Å². The first kappa shape index (κ1) is 17.5. The van der Waals surface area contributed by atoms with Gasteiger partial charge in [0.25, 0.3) is 0 Å². The van der Waals surface area contributed by atoms with Crippen molar-refractivity contribution < 1.29 is 4.79 Å². The lowest BCUT2D eigenvalue weighted by Gasteiger charge is -2.27. The Morgan fingerprint density at radius 3 is 2.46 bits per heavy atom. The molecular formula is C21H18BrClN2O. The first-order chi connectivity index (χ1) is 12.4. The average molecular weight is 430 g/mol. The van der Waals surface area contributed by atoms with Crippen LogP contribution in [0, 0.1) is 5.41 Å². The summed E-state index contributed by atoms with van der Waals surface area (Å²) >= 11 is 9.92. The number of para-hydroxylation sites is 1. The molecule has 0 N–H and O–H groups in total. The Morgan fingerprint density at radius 2 is 1.77 bits per heavy atom. The van der Waals surface area contributed by atoms with Gasteiger partial charge in [-0.3, -0.25) is 4.79 Å². The smallest absolute Gasteiger partial charge is 0.167 e. The number of ketones is 1. The van der Waals surface area contributed by atoms with Crippen molar-refractivity contribution in [2.75, 3.05) is 0 Å². The van der Waals surface area contributed by atoms with E-state index in [1.807, 2.05) is 53.2 Å². The van der Waals surface area contributed by atoms with Crippen LogP contribution in [0.3, 0.4) is 0 Å². The van der Waals surface area contributed by atoms with Crippen molar-refractivity contribution in [3.63, 3.8) is 0 Å². The maximum absolute atomic E-state index is 13.0. The van der Waals surface area contributed by atoms with E-state index in [4.69, 9.17) is 16.7 Å². The fourth-order valence-electron chi connectivity index (χ4n) is 3.59. The summed E-state index contributed by atoms with van der Waals surface area (Å²) in [7, 11) is 0. The van der Waals surface area contributed by atoms with Crippen LogP contribution in [0.5, 0.6) is 0 Å². The van der Waals surface area contributed by atoms with Gasteiger partial charge in [0.2, 0.25) is 0 Å². The highest BCUT2D eigenvalue weighted by Crippen LogP contribution is 2.40. The Balaban J connectivity index is 2.02. The van der Waals surface area contributed by atoms with Gasteiger partial charge in [0.15, 0.2) is 5.78 Å². The van der Waals surface area contributed by atoms with Gasteiger partial charge in [-0.15, -0.1) is 0 Å². The van der Waals surface area contributed by atoms with Crippen molar-refractivity contribution in [1.82, 2.24) is 9.78 Å². The first-order valence-corrected chi connectivity index (χ1v) is 9.69. The summed E-state index contributed by atoms with van der Waals surface area (Å²) in [5.74, 6) is 0.146. The van der Waals surface area contributed by atoms with Gasteiger partial charge in [0.05, 0.1) is 27.7 Å². The van der Waals surface area contributed by atoms with Crippen LogP contribution in [0.25, 0.3) is 16.9 Å². The van der Waals surface area contributed by atoms with Crippen molar-refractivity contribution in [2.45, 2.75) is 26.7 Å². The second-order valence-corrected chi connectivity index (χ2v) is 8.80. The minimum absolute atomic E-state index is 0.0826. The average Bonchev–Trinajstić information content (AvgIpc) is 2.94. The summed E-state index contributed by atoms with van der Waals surface area (Å²) in [6.07, 6.45) is 1.30. The molecule has 2 aromatic carbocycles. The van der Waals surface area contributed by atoms with Crippen LogP contribution in [0.2, 0.25) is 5.02 Å². The molecule has 5 heteroatoms. The van der Waals surface area contributed by atoms with Crippen LogP contribution >= 0.6 is 27.5 Å². The zero-order valence-corrected chi connectivity index (χ0v) is 16.9. The Labute approximate surface area is 166 Å². The summed E-state index contributed by atoms with van der Waals surface area (Å²) < 4.78 is 2.82. The lowest BCUT2D eigenvalue weighted by molar-refractivity contribution is 0.0912. The van der Waals surface area contributed by atoms with Crippen LogP contribution in [0.4, 0.5) is 0 Å². The number of Topliss-reactive ketones (excluding diaryl/α,β-unsaturated/α-hetero) is 1. The minimum atomic E-state index is -0.0826. The summed E-state index contributed by atoms with van der Waals surface area (Å²) in [6.45, 7) is 4.23. The molecule has 1 aromatic heterocycles. The molecule has 0 aliphatic heterocycles. The third kappa shape index (κ3) is 3.01. The first-order valence-electron chi connectivity index (χ1n) is 8.52. The van der Waals surface area contributed by atoms with Gasteiger partial charge in [0.1, 0.15) is 0 Å². The lowest BCUT2D eigenvalue weighted by atomic mass is 9.75. The van der Waals surface area contributed by atoms with E-state index >= 15 is 0 Å². The maximum Gasteiger partial charge on any atom is 0.167 e. The highest BCUT2D eigenvalue weighted by molar-refractivity contribution is 9.10. The molecule has 4 rings (SSSR count). The Morgan fingerprint density at radius 1 is 1.08 bits per heavy atom. The van der Waals surface area contributed by atoms with E-state index in [1.165, 1.54) is 0 Å². The van der Waals surface area contributed by atoms with E-state index < -0.39 is 0 Å². The SMILES string of the molecule is CC1(C)CC(=O)c2c(nn(-c3ccccc3Cl)c2-c2ccc(Br)cc2)C1. The number of carbonyl (C=O) groups excluding carboxylic acids is 1.